The molecule has 0 N–H and O–H groups in total. The van der Waals surface area contributed by atoms with Gasteiger partial charge in [-0.05, 0) is 12.3 Å². The van der Waals surface area contributed by atoms with E-state index in [1.807, 2.05) is 0 Å². The van der Waals surface area contributed by atoms with Crippen LogP contribution in [0.15, 0.2) is 0 Å². The van der Waals surface area contributed by atoms with E-state index >= 15 is 0 Å². The molecule has 0 bridgehead atoms. The third-order valence-corrected chi connectivity index (χ3v) is 1.28. The molecule has 1 fully saturated rings. The first kappa shape index (κ1) is 3.67. The highest BCUT2D eigenvalue weighted by molar-refractivity contribution is 4.98. The first-order valence-corrected chi connectivity index (χ1v) is 2.24. The molecule has 0 aromatic rings. The molecule has 1 unspecified atom stereocenters. The first-order chi connectivity index (χ1) is 2.84. The van der Waals surface area contributed by atoms with Gasteiger partial charge in [0.25, 0.3) is 0 Å². The number of nitriles is 1. The molecule has 2 atom stereocenters. The second-order valence-electron chi connectivity index (χ2n) is 1.95. The molecule has 1 saturated carbocycles. The van der Waals surface area contributed by atoms with Crippen LogP contribution in [0.3, 0.4) is 0 Å². The van der Waals surface area contributed by atoms with Crippen molar-refractivity contribution in [2.75, 3.05) is 0 Å². The Hall–Kier alpha value is -0.510. The van der Waals surface area contributed by atoms with E-state index in [0.29, 0.717) is 11.8 Å². The van der Waals surface area contributed by atoms with Gasteiger partial charge in [-0.2, -0.15) is 5.26 Å². The van der Waals surface area contributed by atoms with Crippen LogP contribution in [0, 0.1) is 23.2 Å². The molecule has 0 heterocycles. The zero-order valence-electron chi connectivity index (χ0n) is 3.81. The van der Waals surface area contributed by atoms with E-state index in [9.17, 15) is 0 Å². The average molecular weight is 81.1 g/mol. The highest BCUT2D eigenvalue weighted by Crippen LogP contribution is 2.36. The van der Waals surface area contributed by atoms with E-state index < -0.39 is 0 Å². The Morgan fingerprint density at radius 1 is 1.83 bits per heavy atom. The summed E-state index contributed by atoms with van der Waals surface area (Å²) in [5.41, 5.74) is 0. The lowest BCUT2D eigenvalue weighted by Crippen LogP contribution is -1.63. The highest BCUT2D eigenvalue weighted by Gasteiger charge is 2.31. The molecular weight excluding hydrogens is 74.1 g/mol. The van der Waals surface area contributed by atoms with E-state index in [4.69, 9.17) is 5.26 Å². The van der Waals surface area contributed by atoms with Crippen molar-refractivity contribution < 1.29 is 0 Å². The molecule has 0 spiro atoms. The largest absolute Gasteiger partial charge is 0.198 e. The van der Waals surface area contributed by atoms with E-state index in [-0.39, 0.29) is 0 Å². The van der Waals surface area contributed by atoms with Gasteiger partial charge in [0, 0.05) is 5.92 Å². The molecule has 0 aromatic heterocycles. The summed E-state index contributed by atoms with van der Waals surface area (Å²) in [7, 11) is 0. The second-order valence-corrected chi connectivity index (χ2v) is 1.95. The van der Waals surface area contributed by atoms with Gasteiger partial charge in [0.15, 0.2) is 0 Å². The number of nitrogens with zero attached hydrogens (tertiary/aromatic N) is 1. The highest BCUT2D eigenvalue weighted by atomic mass is 14.4. The van der Waals surface area contributed by atoms with Crippen LogP contribution in [0.25, 0.3) is 0 Å². The van der Waals surface area contributed by atoms with Gasteiger partial charge in [-0.15, -0.1) is 0 Å². The quantitative estimate of drug-likeness (QED) is 0.429. The monoisotopic (exact) mass is 81.1 g/mol. The summed E-state index contributed by atoms with van der Waals surface area (Å²) in [5.74, 6) is 1.11. The van der Waals surface area contributed by atoms with Gasteiger partial charge in [-0.25, -0.2) is 0 Å². The summed E-state index contributed by atoms with van der Waals surface area (Å²) in [6.07, 6.45) is 1.14. The fourth-order valence-corrected chi connectivity index (χ4v) is 0.502. The van der Waals surface area contributed by atoms with Crippen molar-refractivity contribution in [2.24, 2.45) is 11.8 Å². The Kier molecular flexibility index (Phi) is 0.597. The van der Waals surface area contributed by atoms with Gasteiger partial charge in [0.05, 0.1) is 6.07 Å². The van der Waals surface area contributed by atoms with Gasteiger partial charge < -0.3 is 0 Å². The van der Waals surface area contributed by atoms with Crippen LogP contribution in [0.2, 0.25) is 0 Å². The van der Waals surface area contributed by atoms with Crippen LogP contribution in [-0.2, 0) is 0 Å². The first-order valence-electron chi connectivity index (χ1n) is 2.24. The Labute approximate surface area is 37.6 Å². The summed E-state index contributed by atoms with van der Waals surface area (Å²) in [6.45, 7) is 2.11. The van der Waals surface area contributed by atoms with Gasteiger partial charge in [-0.3, -0.25) is 0 Å². The van der Waals surface area contributed by atoms with Crippen LogP contribution >= 0.6 is 0 Å². The Bertz CT molecular complexity index is 90.6. The van der Waals surface area contributed by atoms with Gasteiger partial charge in [0.2, 0.25) is 0 Å². The van der Waals surface area contributed by atoms with Crippen molar-refractivity contribution in [3.63, 3.8) is 0 Å². The molecule has 6 heavy (non-hydrogen) atoms. The molecular formula is C5H7N. The minimum atomic E-state index is 0.407. The van der Waals surface area contributed by atoms with Crippen molar-refractivity contribution in [3.8, 4) is 6.07 Å². The van der Waals surface area contributed by atoms with Crippen LogP contribution in [0.1, 0.15) is 13.3 Å². The molecule has 0 saturated heterocycles. The summed E-state index contributed by atoms with van der Waals surface area (Å²) in [4.78, 5) is 0. The maximum absolute atomic E-state index is 8.13. The zero-order chi connectivity index (χ0) is 4.57. The zero-order valence-corrected chi connectivity index (χ0v) is 3.81. The Morgan fingerprint density at radius 2 is 2.33 bits per heavy atom. The van der Waals surface area contributed by atoms with Crippen LogP contribution in [-0.4, -0.2) is 0 Å². The third kappa shape index (κ3) is 0.386. The van der Waals surface area contributed by atoms with E-state index in [1.165, 1.54) is 0 Å². The van der Waals surface area contributed by atoms with Crippen molar-refractivity contribution in [3.05, 3.63) is 0 Å². The van der Waals surface area contributed by atoms with Crippen molar-refractivity contribution in [1.82, 2.24) is 0 Å². The lowest BCUT2D eigenvalue weighted by Gasteiger charge is -1.64. The van der Waals surface area contributed by atoms with Crippen LogP contribution in [0.4, 0.5) is 0 Å². The summed E-state index contributed by atoms with van der Waals surface area (Å²) < 4.78 is 0. The van der Waals surface area contributed by atoms with Crippen molar-refractivity contribution >= 4 is 0 Å². The molecule has 0 amide bonds. The Balaban J connectivity index is 2.31. The average Bonchev–Trinajstić information content (AvgIpc) is 2.19. The predicted molar refractivity (Wildman–Crippen MR) is 22.9 cm³/mol. The molecule has 1 heteroatoms. The predicted octanol–water partition coefficient (Wildman–Crippen LogP) is 1.17. The fourth-order valence-electron chi connectivity index (χ4n) is 0.502. The molecule has 0 aliphatic heterocycles. The van der Waals surface area contributed by atoms with E-state index in [1.54, 1.807) is 0 Å². The molecule has 1 rings (SSSR count). The topological polar surface area (TPSA) is 23.8 Å². The molecule has 1 nitrogen and oxygen atoms in total. The summed E-state index contributed by atoms with van der Waals surface area (Å²) >= 11 is 0. The standard InChI is InChI=1S/C5H7N/c1-4-2-5(4)3-6/h4-5H,2H2,1H3/t4?,5-/m0/s1. The lowest BCUT2D eigenvalue weighted by molar-refractivity contribution is 0.908. The maximum atomic E-state index is 8.13. The summed E-state index contributed by atoms with van der Waals surface area (Å²) in [5, 5.41) is 8.13. The second kappa shape index (κ2) is 0.975. The van der Waals surface area contributed by atoms with Crippen LogP contribution in [0.5, 0.6) is 0 Å². The molecule has 0 aromatic carbocycles. The summed E-state index contributed by atoms with van der Waals surface area (Å²) in [6, 6.07) is 2.19. The molecule has 1 aliphatic carbocycles. The van der Waals surface area contributed by atoms with Gasteiger partial charge in [0.1, 0.15) is 0 Å². The van der Waals surface area contributed by atoms with Crippen molar-refractivity contribution in [1.29, 1.82) is 5.26 Å². The van der Waals surface area contributed by atoms with Gasteiger partial charge in [-0.1, -0.05) is 6.92 Å². The molecule has 1 aliphatic rings. The minimum Gasteiger partial charge on any atom is -0.198 e. The van der Waals surface area contributed by atoms with Crippen LogP contribution < -0.4 is 0 Å². The van der Waals surface area contributed by atoms with E-state index in [2.05, 4.69) is 13.0 Å². The number of hydrogen-bond acceptors (Lipinski definition) is 1. The third-order valence-electron chi connectivity index (χ3n) is 1.28. The fraction of sp³-hybridized carbons (Fsp3) is 0.800. The maximum Gasteiger partial charge on any atom is 0.0658 e. The SMILES string of the molecule is CC1C[C@H]1C#N. The number of rotatable bonds is 0. The Morgan fingerprint density at radius 3 is 2.33 bits per heavy atom. The normalized spacial score (nSPS) is 41.3. The lowest BCUT2D eigenvalue weighted by atomic mass is 10.4. The van der Waals surface area contributed by atoms with E-state index in [0.717, 1.165) is 6.42 Å². The van der Waals surface area contributed by atoms with Gasteiger partial charge >= 0.3 is 0 Å². The molecule has 0 radical (unpaired) electrons. The molecule has 32 valence electrons. The number of hydrogen-bond donors (Lipinski definition) is 0. The minimum absolute atomic E-state index is 0.407. The smallest absolute Gasteiger partial charge is 0.0658 e. The van der Waals surface area contributed by atoms with Crippen molar-refractivity contribution in [2.45, 2.75) is 13.3 Å².